The molecule has 0 radical (unpaired) electrons. The Morgan fingerprint density at radius 3 is 2.76 bits per heavy atom. The molecule has 0 unspecified atom stereocenters. The van der Waals surface area contributed by atoms with Crippen LogP contribution in [0, 0.1) is 0 Å². The van der Waals surface area contributed by atoms with Gasteiger partial charge in [0.25, 0.3) is 0 Å². The average molecular weight is 285 g/mol. The van der Waals surface area contributed by atoms with Gasteiger partial charge in [0.15, 0.2) is 0 Å². The van der Waals surface area contributed by atoms with Crippen molar-refractivity contribution in [1.29, 1.82) is 0 Å². The molecule has 2 heterocycles. The molecular formula is C18H27N3. The van der Waals surface area contributed by atoms with Gasteiger partial charge in [-0.3, -0.25) is 0 Å². The third-order valence-corrected chi connectivity index (χ3v) is 4.49. The van der Waals surface area contributed by atoms with Gasteiger partial charge in [-0.2, -0.15) is 0 Å². The number of hydrogen-bond acceptors (Lipinski definition) is 2. The quantitative estimate of drug-likeness (QED) is 0.843. The van der Waals surface area contributed by atoms with Crippen molar-refractivity contribution in [2.75, 3.05) is 26.2 Å². The van der Waals surface area contributed by atoms with Crippen LogP contribution in [-0.4, -0.2) is 35.6 Å². The summed E-state index contributed by atoms with van der Waals surface area (Å²) in [5.41, 5.74) is 2.75. The van der Waals surface area contributed by atoms with Gasteiger partial charge in [-0.1, -0.05) is 13.0 Å². The zero-order valence-corrected chi connectivity index (χ0v) is 13.1. The normalized spacial score (nSPS) is 16.0. The molecule has 114 valence electrons. The van der Waals surface area contributed by atoms with E-state index in [1.54, 1.807) is 0 Å². The van der Waals surface area contributed by atoms with Gasteiger partial charge in [0.2, 0.25) is 0 Å². The first-order valence-electron chi connectivity index (χ1n) is 8.37. The molecule has 0 atom stereocenters. The van der Waals surface area contributed by atoms with E-state index in [1.165, 1.54) is 55.4 Å². The van der Waals surface area contributed by atoms with Crippen LogP contribution < -0.4 is 5.32 Å². The summed E-state index contributed by atoms with van der Waals surface area (Å²) in [7, 11) is 0. The Bertz CT molecular complexity index is 567. The highest BCUT2D eigenvalue weighted by Crippen LogP contribution is 2.18. The van der Waals surface area contributed by atoms with Crippen molar-refractivity contribution in [3.05, 3.63) is 36.0 Å². The van der Waals surface area contributed by atoms with Crippen LogP contribution in [0.4, 0.5) is 0 Å². The van der Waals surface area contributed by atoms with E-state index < -0.39 is 0 Å². The van der Waals surface area contributed by atoms with Crippen molar-refractivity contribution in [2.45, 2.75) is 39.3 Å². The summed E-state index contributed by atoms with van der Waals surface area (Å²) in [6, 6.07) is 9.09. The fourth-order valence-electron chi connectivity index (χ4n) is 3.29. The van der Waals surface area contributed by atoms with Crippen molar-refractivity contribution >= 4 is 10.9 Å². The molecule has 21 heavy (non-hydrogen) atoms. The monoisotopic (exact) mass is 285 g/mol. The minimum Gasteiger partial charge on any atom is -0.347 e. The highest BCUT2D eigenvalue weighted by Gasteiger charge is 2.10. The van der Waals surface area contributed by atoms with E-state index in [0.29, 0.717) is 0 Å². The fourth-order valence-corrected chi connectivity index (χ4v) is 3.29. The smallest absolute Gasteiger partial charge is 0.0480 e. The second-order valence-corrected chi connectivity index (χ2v) is 6.08. The van der Waals surface area contributed by atoms with Gasteiger partial charge in [-0.15, -0.1) is 0 Å². The lowest BCUT2D eigenvalue weighted by molar-refractivity contribution is 0.326. The number of fused-ring (bicyclic) bond motifs is 1. The maximum atomic E-state index is 3.39. The molecular weight excluding hydrogens is 258 g/mol. The maximum absolute atomic E-state index is 3.39. The number of hydrogen-bond donors (Lipinski definition) is 1. The Morgan fingerprint density at radius 2 is 1.95 bits per heavy atom. The molecule has 1 aromatic heterocycles. The summed E-state index contributed by atoms with van der Waals surface area (Å²) >= 11 is 0. The number of nitrogens with one attached hydrogen (secondary N) is 1. The Hall–Kier alpha value is -1.32. The summed E-state index contributed by atoms with van der Waals surface area (Å²) in [6.45, 7) is 9.13. The van der Waals surface area contributed by atoms with E-state index in [1.807, 2.05) is 0 Å². The number of nitrogens with zero attached hydrogens (tertiary/aromatic N) is 2. The third kappa shape index (κ3) is 3.66. The van der Waals surface area contributed by atoms with Gasteiger partial charge >= 0.3 is 0 Å². The topological polar surface area (TPSA) is 20.2 Å². The molecule has 0 saturated carbocycles. The minimum atomic E-state index is 0.965. The maximum Gasteiger partial charge on any atom is 0.0480 e. The Balaban J connectivity index is 1.60. The molecule has 0 spiro atoms. The first-order valence-corrected chi connectivity index (χ1v) is 8.37. The summed E-state index contributed by atoms with van der Waals surface area (Å²) in [5.74, 6) is 0. The van der Waals surface area contributed by atoms with Gasteiger partial charge in [0.05, 0.1) is 0 Å². The fraction of sp³-hybridized carbons (Fsp3) is 0.556. The third-order valence-electron chi connectivity index (χ3n) is 4.49. The van der Waals surface area contributed by atoms with Crippen LogP contribution in [0.2, 0.25) is 0 Å². The first kappa shape index (κ1) is 14.6. The van der Waals surface area contributed by atoms with Gasteiger partial charge in [-0.05, 0) is 74.6 Å². The molecule has 2 aromatic rings. The zero-order valence-electron chi connectivity index (χ0n) is 13.1. The van der Waals surface area contributed by atoms with Crippen molar-refractivity contribution < 1.29 is 0 Å². The Morgan fingerprint density at radius 1 is 1.10 bits per heavy atom. The predicted molar refractivity (Wildman–Crippen MR) is 89.6 cm³/mol. The van der Waals surface area contributed by atoms with Gasteiger partial charge in [0, 0.05) is 24.8 Å². The molecule has 1 aromatic carbocycles. The van der Waals surface area contributed by atoms with Gasteiger partial charge in [-0.25, -0.2) is 0 Å². The summed E-state index contributed by atoms with van der Waals surface area (Å²) in [5, 5.41) is 4.76. The zero-order chi connectivity index (χ0) is 14.5. The van der Waals surface area contributed by atoms with Crippen LogP contribution >= 0.6 is 0 Å². The van der Waals surface area contributed by atoms with E-state index in [-0.39, 0.29) is 0 Å². The molecule has 0 amide bonds. The van der Waals surface area contributed by atoms with E-state index in [4.69, 9.17) is 0 Å². The van der Waals surface area contributed by atoms with Crippen molar-refractivity contribution in [2.24, 2.45) is 0 Å². The van der Waals surface area contributed by atoms with Crippen molar-refractivity contribution in [3.8, 4) is 0 Å². The SMILES string of the molecule is CCNCc1ccc2c(ccn2CCCN2CCCC2)c1. The number of likely N-dealkylation sites (tertiary alicyclic amines) is 1. The van der Waals surface area contributed by atoms with Crippen LogP contribution in [0.15, 0.2) is 30.5 Å². The van der Waals surface area contributed by atoms with E-state index in [9.17, 15) is 0 Å². The molecule has 1 saturated heterocycles. The lowest BCUT2D eigenvalue weighted by Gasteiger charge is -2.14. The summed E-state index contributed by atoms with van der Waals surface area (Å²) in [4.78, 5) is 2.60. The molecule has 1 aliphatic heterocycles. The van der Waals surface area contributed by atoms with E-state index >= 15 is 0 Å². The lowest BCUT2D eigenvalue weighted by atomic mass is 10.1. The number of benzene rings is 1. The van der Waals surface area contributed by atoms with Crippen molar-refractivity contribution in [1.82, 2.24) is 14.8 Å². The number of rotatable bonds is 7. The second kappa shape index (κ2) is 7.10. The summed E-state index contributed by atoms with van der Waals surface area (Å²) in [6.07, 6.45) is 6.27. The van der Waals surface area contributed by atoms with Crippen molar-refractivity contribution in [3.63, 3.8) is 0 Å². The van der Waals surface area contributed by atoms with Crippen LogP contribution in [0.5, 0.6) is 0 Å². The van der Waals surface area contributed by atoms with E-state index in [0.717, 1.165) is 19.6 Å². The second-order valence-electron chi connectivity index (χ2n) is 6.08. The lowest BCUT2D eigenvalue weighted by Crippen LogP contribution is -2.21. The van der Waals surface area contributed by atoms with Gasteiger partial charge in [0.1, 0.15) is 0 Å². The van der Waals surface area contributed by atoms with E-state index in [2.05, 4.69) is 52.2 Å². The highest BCUT2D eigenvalue weighted by molar-refractivity contribution is 5.80. The number of aromatic nitrogens is 1. The van der Waals surface area contributed by atoms with Crippen LogP contribution in [-0.2, 0) is 13.1 Å². The highest BCUT2D eigenvalue weighted by atomic mass is 15.1. The largest absolute Gasteiger partial charge is 0.347 e. The van der Waals surface area contributed by atoms with Gasteiger partial charge < -0.3 is 14.8 Å². The van der Waals surface area contributed by atoms with Crippen LogP contribution in [0.25, 0.3) is 10.9 Å². The molecule has 3 rings (SSSR count). The molecule has 3 nitrogen and oxygen atoms in total. The van der Waals surface area contributed by atoms with Crippen LogP contribution in [0.3, 0.4) is 0 Å². The van der Waals surface area contributed by atoms with Crippen LogP contribution in [0.1, 0.15) is 31.7 Å². The minimum absolute atomic E-state index is 0.965. The molecule has 1 aliphatic rings. The standard InChI is InChI=1S/C18H27N3/c1-2-19-15-16-6-7-18-17(14-16)8-13-21(18)12-5-11-20-9-3-4-10-20/h6-8,13-14,19H,2-5,9-12,15H2,1H3. The molecule has 0 aliphatic carbocycles. The summed E-state index contributed by atoms with van der Waals surface area (Å²) < 4.78 is 2.41. The predicted octanol–water partition coefficient (Wildman–Crippen LogP) is 3.24. The Kier molecular flexibility index (Phi) is 4.94. The first-order chi connectivity index (χ1) is 10.4. The molecule has 3 heteroatoms. The number of aryl methyl sites for hydroxylation is 1. The average Bonchev–Trinajstić information content (AvgIpc) is 3.15. The molecule has 1 N–H and O–H groups in total. The molecule has 0 bridgehead atoms. The Labute approximate surface area is 127 Å². The molecule has 1 fully saturated rings.